The van der Waals surface area contributed by atoms with Crippen molar-refractivity contribution in [1.82, 2.24) is 10.2 Å². The van der Waals surface area contributed by atoms with E-state index in [1.807, 2.05) is 18.7 Å². The van der Waals surface area contributed by atoms with Crippen LogP contribution in [-0.2, 0) is 9.59 Å². The number of rotatable bonds is 3. The van der Waals surface area contributed by atoms with Gasteiger partial charge in [-0.05, 0) is 25.7 Å². The standard InChI is InChI=1S/C12H20N2O2/c1-4-5-9-12(16)14(10-6-7(10)2)8(3)11(15)13-9/h7-10H,4-6H2,1-3H3,(H,13,15). The molecule has 1 saturated heterocycles. The Morgan fingerprint density at radius 2 is 2.00 bits per heavy atom. The van der Waals surface area contributed by atoms with Gasteiger partial charge in [0.25, 0.3) is 0 Å². The summed E-state index contributed by atoms with van der Waals surface area (Å²) in [7, 11) is 0. The summed E-state index contributed by atoms with van der Waals surface area (Å²) in [5, 5.41) is 2.81. The zero-order valence-electron chi connectivity index (χ0n) is 10.2. The van der Waals surface area contributed by atoms with Crippen LogP contribution in [0.15, 0.2) is 0 Å². The van der Waals surface area contributed by atoms with Crippen LogP contribution in [0, 0.1) is 5.92 Å². The SMILES string of the molecule is CCCC1NC(=O)C(C)N(C2CC2C)C1=O. The maximum atomic E-state index is 12.2. The number of hydrogen-bond acceptors (Lipinski definition) is 2. The molecule has 16 heavy (non-hydrogen) atoms. The van der Waals surface area contributed by atoms with Crippen molar-refractivity contribution in [3.8, 4) is 0 Å². The molecule has 2 fully saturated rings. The number of nitrogens with zero attached hydrogens (tertiary/aromatic N) is 1. The van der Waals surface area contributed by atoms with Crippen molar-refractivity contribution < 1.29 is 9.59 Å². The van der Waals surface area contributed by atoms with Gasteiger partial charge in [0.1, 0.15) is 12.1 Å². The van der Waals surface area contributed by atoms with Crippen LogP contribution in [0.1, 0.15) is 40.0 Å². The Kier molecular flexibility index (Phi) is 2.91. The van der Waals surface area contributed by atoms with Gasteiger partial charge in [0.05, 0.1) is 0 Å². The summed E-state index contributed by atoms with van der Waals surface area (Å²) in [6.45, 7) is 5.98. The van der Waals surface area contributed by atoms with Gasteiger partial charge in [-0.2, -0.15) is 0 Å². The minimum absolute atomic E-state index is 0.00264. The third-order valence-electron chi connectivity index (χ3n) is 3.67. The smallest absolute Gasteiger partial charge is 0.246 e. The van der Waals surface area contributed by atoms with Gasteiger partial charge >= 0.3 is 0 Å². The average Bonchev–Trinajstić information content (AvgIpc) is 2.93. The molecule has 1 N–H and O–H groups in total. The lowest BCUT2D eigenvalue weighted by molar-refractivity contribution is -0.149. The quantitative estimate of drug-likeness (QED) is 0.774. The van der Waals surface area contributed by atoms with Crippen molar-refractivity contribution in [3.05, 3.63) is 0 Å². The maximum Gasteiger partial charge on any atom is 0.246 e. The molecule has 4 nitrogen and oxygen atoms in total. The Hall–Kier alpha value is -1.06. The molecule has 2 amide bonds. The fourth-order valence-electron chi connectivity index (χ4n) is 2.48. The summed E-state index contributed by atoms with van der Waals surface area (Å²) in [5.74, 6) is 0.667. The maximum absolute atomic E-state index is 12.2. The number of carbonyl (C=O) groups is 2. The van der Waals surface area contributed by atoms with Crippen molar-refractivity contribution in [2.24, 2.45) is 5.92 Å². The fourth-order valence-corrected chi connectivity index (χ4v) is 2.48. The number of amides is 2. The third-order valence-corrected chi connectivity index (χ3v) is 3.67. The first-order valence-corrected chi connectivity index (χ1v) is 6.18. The summed E-state index contributed by atoms with van der Waals surface area (Å²) >= 11 is 0. The molecule has 1 aliphatic heterocycles. The van der Waals surface area contributed by atoms with E-state index in [1.165, 1.54) is 0 Å². The van der Waals surface area contributed by atoms with Crippen LogP contribution in [0.3, 0.4) is 0 Å². The Balaban J connectivity index is 2.13. The van der Waals surface area contributed by atoms with Crippen LogP contribution in [0.4, 0.5) is 0 Å². The molecular weight excluding hydrogens is 204 g/mol. The van der Waals surface area contributed by atoms with E-state index in [9.17, 15) is 9.59 Å². The van der Waals surface area contributed by atoms with Crippen LogP contribution in [-0.4, -0.2) is 34.8 Å². The predicted molar refractivity (Wildman–Crippen MR) is 60.7 cm³/mol. The zero-order chi connectivity index (χ0) is 11.9. The molecule has 0 radical (unpaired) electrons. The molecule has 4 atom stereocenters. The van der Waals surface area contributed by atoms with E-state index in [0.29, 0.717) is 12.0 Å². The van der Waals surface area contributed by atoms with Crippen molar-refractivity contribution in [3.63, 3.8) is 0 Å². The Bertz CT molecular complexity index is 316. The van der Waals surface area contributed by atoms with Gasteiger partial charge in [0, 0.05) is 6.04 Å². The van der Waals surface area contributed by atoms with Crippen LogP contribution in [0.5, 0.6) is 0 Å². The van der Waals surface area contributed by atoms with Gasteiger partial charge in [-0.15, -0.1) is 0 Å². The Labute approximate surface area is 96.4 Å². The van der Waals surface area contributed by atoms with Crippen molar-refractivity contribution in [2.45, 2.75) is 58.2 Å². The second kappa shape index (κ2) is 4.07. The minimum Gasteiger partial charge on any atom is -0.343 e. The topological polar surface area (TPSA) is 49.4 Å². The molecule has 4 unspecified atom stereocenters. The van der Waals surface area contributed by atoms with E-state index in [2.05, 4.69) is 12.2 Å². The number of carbonyl (C=O) groups excluding carboxylic acids is 2. The van der Waals surface area contributed by atoms with E-state index in [4.69, 9.17) is 0 Å². The van der Waals surface area contributed by atoms with Gasteiger partial charge in [0.2, 0.25) is 11.8 Å². The second-order valence-corrected chi connectivity index (χ2v) is 5.05. The molecule has 1 aliphatic carbocycles. The predicted octanol–water partition coefficient (Wildman–Crippen LogP) is 0.910. The van der Waals surface area contributed by atoms with E-state index in [-0.39, 0.29) is 23.9 Å². The van der Waals surface area contributed by atoms with E-state index < -0.39 is 0 Å². The molecule has 1 heterocycles. The molecule has 0 aromatic heterocycles. The summed E-state index contributed by atoms with van der Waals surface area (Å²) in [6.07, 6.45) is 2.70. The second-order valence-electron chi connectivity index (χ2n) is 5.05. The molecule has 0 aromatic rings. The lowest BCUT2D eigenvalue weighted by Gasteiger charge is -2.37. The number of hydrogen-bond donors (Lipinski definition) is 1. The molecule has 4 heteroatoms. The fraction of sp³-hybridized carbons (Fsp3) is 0.833. The van der Waals surface area contributed by atoms with Crippen molar-refractivity contribution >= 4 is 11.8 Å². The van der Waals surface area contributed by atoms with Gasteiger partial charge in [-0.3, -0.25) is 9.59 Å². The molecule has 0 bridgehead atoms. The third kappa shape index (κ3) is 1.81. The van der Waals surface area contributed by atoms with E-state index >= 15 is 0 Å². The molecule has 2 aliphatic rings. The molecule has 1 saturated carbocycles. The number of nitrogens with one attached hydrogen (secondary N) is 1. The van der Waals surface area contributed by atoms with Gasteiger partial charge in [-0.1, -0.05) is 20.3 Å². The summed E-state index contributed by atoms with van der Waals surface area (Å²) in [4.78, 5) is 25.8. The summed E-state index contributed by atoms with van der Waals surface area (Å²) in [6, 6.07) is -0.287. The highest BCUT2D eigenvalue weighted by Crippen LogP contribution is 2.37. The largest absolute Gasteiger partial charge is 0.343 e. The highest BCUT2D eigenvalue weighted by molar-refractivity contribution is 5.97. The van der Waals surface area contributed by atoms with Gasteiger partial charge in [0.15, 0.2) is 0 Å². The first-order valence-electron chi connectivity index (χ1n) is 6.18. The molecule has 2 rings (SSSR count). The van der Waals surface area contributed by atoms with Crippen molar-refractivity contribution in [2.75, 3.05) is 0 Å². The minimum atomic E-state index is -0.296. The van der Waals surface area contributed by atoms with Gasteiger partial charge < -0.3 is 10.2 Å². The normalized spacial score (nSPS) is 38.6. The van der Waals surface area contributed by atoms with E-state index in [0.717, 1.165) is 19.3 Å². The molecule has 0 aromatic carbocycles. The number of piperazine rings is 1. The van der Waals surface area contributed by atoms with Crippen molar-refractivity contribution in [1.29, 1.82) is 0 Å². The van der Waals surface area contributed by atoms with Crippen LogP contribution in [0.25, 0.3) is 0 Å². The Morgan fingerprint density at radius 3 is 2.50 bits per heavy atom. The zero-order valence-corrected chi connectivity index (χ0v) is 10.2. The first-order chi connectivity index (χ1) is 7.56. The van der Waals surface area contributed by atoms with Gasteiger partial charge in [-0.25, -0.2) is 0 Å². The summed E-state index contributed by atoms with van der Waals surface area (Å²) < 4.78 is 0. The summed E-state index contributed by atoms with van der Waals surface area (Å²) in [5.41, 5.74) is 0. The average molecular weight is 224 g/mol. The molecule has 0 spiro atoms. The first kappa shape index (κ1) is 11.4. The van der Waals surface area contributed by atoms with Crippen LogP contribution in [0.2, 0.25) is 0 Å². The van der Waals surface area contributed by atoms with E-state index in [1.54, 1.807) is 0 Å². The lowest BCUT2D eigenvalue weighted by Crippen LogP contribution is -2.63. The lowest BCUT2D eigenvalue weighted by atomic mass is 10.0. The van der Waals surface area contributed by atoms with Crippen LogP contribution >= 0.6 is 0 Å². The molecular formula is C12H20N2O2. The monoisotopic (exact) mass is 224 g/mol. The van der Waals surface area contributed by atoms with Crippen LogP contribution < -0.4 is 5.32 Å². The Morgan fingerprint density at radius 1 is 1.38 bits per heavy atom. The molecule has 90 valence electrons. The highest BCUT2D eigenvalue weighted by atomic mass is 16.2. The highest BCUT2D eigenvalue weighted by Gasteiger charge is 2.48.